The minimum Gasteiger partial charge on any atom is -0.363 e. The second kappa shape index (κ2) is 8.91. The maximum absolute atomic E-state index is 5.45. The number of hydrogen-bond acceptors (Lipinski definition) is 2. The van der Waals surface area contributed by atoms with E-state index >= 15 is 0 Å². The zero-order chi connectivity index (χ0) is 15.8. The van der Waals surface area contributed by atoms with Crippen LogP contribution in [-0.2, 0) is 6.42 Å². The van der Waals surface area contributed by atoms with Crippen molar-refractivity contribution in [2.75, 3.05) is 6.54 Å². The van der Waals surface area contributed by atoms with Crippen LogP contribution in [0.5, 0.6) is 0 Å². The number of rotatable bonds is 7. The Morgan fingerprint density at radius 2 is 1.95 bits per heavy atom. The molecule has 2 nitrogen and oxygen atoms in total. The lowest BCUT2D eigenvalue weighted by atomic mass is 10.0. The maximum atomic E-state index is 5.45. The number of nitrogens with one attached hydrogen (secondary N) is 2. The van der Waals surface area contributed by atoms with E-state index in [1.165, 1.54) is 22.4 Å². The molecule has 22 heavy (non-hydrogen) atoms. The van der Waals surface area contributed by atoms with Gasteiger partial charge in [0.25, 0.3) is 0 Å². The number of unbranched alkanes of at least 4 members (excludes halogenated alkanes) is 1. The minimum atomic E-state index is 0.118. The molecule has 118 valence electrons. The van der Waals surface area contributed by atoms with Gasteiger partial charge in [0.15, 0.2) is 5.11 Å². The quantitative estimate of drug-likeness (QED) is 0.569. The highest BCUT2D eigenvalue weighted by molar-refractivity contribution is 7.80. The molecule has 2 N–H and O–H groups in total. The van der Waals surface area contributed by atoms with Crippen molar-refractivity contribution < 1.29 is 0 Å². The van der Waals surface area contributed by atoms with Gasteiger partial charge in [-0.15, -0.1) is 11.3 Å². The highest BCUT2D eigenvalue weighted by Gasteiger charge is 2.16. The van der Waals surface area contributed by atoms with E-state index in [4.69, 9.17) is 12.2 Å². The molecular formula is C18H24N2S2. The summed E-state index contributed by atoms with van der Waals surface area (Å²) in [5, 5.41) is 9.59. The van der Waals surface area contributed by atoms with Crippen LogP contribution in [0.3, 0.4) is 0 Å². The molecule has 1 aromatic heterocycles. The van der Waals surface area contributed by atoms with Crippen LogP contribution in [-0.4, -0.2) is 11.7 Å². The average molecular weight is 333 g/mol. The summed E-state index contributed by atoms with van der Waals surface area (Å²) in [4.78, 5) is 1.28. The lowest BCUT2D eigenvalue weighted by Gasteiger charge is -2.20. The highest BCUT2D eigenvalue weighted by atomic mass is 32.1. The highest BCUT2D eigenvalue weighted by Crippen LogP contribution is 2.26. The molecule has 2 rings (SSSR count). The van der Waals surface area contributed by atoms with Crippen molar-refractivity contribution in [3.8, 4) is 0 Å². The fourth-order valence-corrected chi connectivity index (χ4v) is 3.30. The summed E-state index contributed by atoms with van der Waals surface area (Å²) in [7, 11) is 0. The van der Waals surface area contributed by atoms with Crippen LogP contribution in [0.15, 0.2) is 41.8 Å². The topological polar surface area (TPSA) is 24.1 Å². The Hall–Kier alpha value is -1.39. The van der Waals surface area contributed by atoms with Gasteiger partial charge in [0.1, 0.15) is 0 Å². The van der Waals surface area contributed by atoms with E-state index in [-0.39, 0.29) is 6.04 Å². The molecule has 0 aliphatic carbocycles. The summed E-state index contributed by atoms with van der Waals surface area (Å²) in [6.45, 7) is 5.28. The summed E-state index contributed by atoms with van der Waals surface area (Å²) < 4.78 is 0. The second-order valence-corrected chi connectivity index (χ2v) is 6.68. The zero-order valence-corrected chi connectivity index (χ0v) is 14.9. The third kappa shape index (κ3) is 4.82. The van der Waals surface area contributed by atoms with Crippen molar-refractivity contribution in [3.05, 3.63) is 57.8 Å². The SMILES string of the molecule is CCCCNC(=S)N[C@@H](c1ccc(CC)cc1)c1cccs1. The molecule has 4 heteroatoms. The molecule has 1 atom stereocenters. The first-order valence-electron chi connectivity index (χ1n) is 7.91. The smallest absolute Gasteiger partial charge is 0.167 e. The first-order valence-corrected chi connectivity index (χ1v) is 9.20. The van der Waals surface area contributed by atoms with E-state index in [2.05, 4.69) is 66.3 Å². The van der Waals surface area contributed by atoms with Gasteiger partial charge >= 0.3 is 0 Å². The Morgan fingerprint density at radius 1 is 1.18 bits per heavy atom. The second-order valence-electron chi connectivity index (χ2n) is 5.30. The lowest BCUT2D eigenvalue weighted by Crippen LogP contribution is -2.38. The van der Waals surface area contributed by atoms with Crippen molar-refractivity contribution in [2.24, 2.45) is 0 Å². The number of thiophene rings is 1. The van der Waals surface area contributed by atoms with Crippen LogP contribution in [0.4, 0.5) is 0 Å². The van der Waals surface area contributed by atoms with Gasteiger partial charge in [-0.3, -0.25) is 0 Å². The van der Waals surface area contributed by atoms with Crippen LogP contribution in [0.1, 0.15) is 48.7 Å². The number of benzene rings is 1. The zero-order valence-electron chi connectivity index (χ0n) is 13.3. The molecule has 1 aromatic carbocycles. The monoisotopic (exact) mass is 332 g/mol. The Balaban J connectivity index is 2.11. The Morgan fingerprint density at radius 3 is 2.55 bits per heavy atom. The third-order valence-corrected chi connectivity index (χ3v) is 4.84. The molecule has 0 radical (unpaired) electrons. The largest absolute Gasteiger partial charge is 0.363 e. The summed E-state index contributed by atoms with van der Waals surface area (Å²) >= 11 is 7.20. The summed E-state index contributed by atoms with van der Waals surface area (Å²) in [5.74, 6) is 0. The first kappa shape index (κ1) is 17.0. The molecule has 0 aliphatic rings. The van der Waals surface area contributed by atoms with Gasteiger partial charge in [-0.25, -0.2) is 0 Å². The molecule has 0 aliphatic heterocycles. The number of aryl methyl sites for hydroxylation is 1. The average Bonchev–Trinajstić information content (AvgIpc) is 3.07. The normalized spacial score (nSPS) is 11.9. The van der Waals surface area contributed by atoms with Crippen molar-refractivity contribution in [2.45, 2.75) is 39.2 Å². The molecule has 0 spiro atoms. The van der Waals surface area contributed by atoms with Crippen molar-refractivity contribution in [3.63, 3.8) is 0 Å². The van der Waals surface area contributed by atoms with E-state index in [1.54, 1.807) is 11.3 Å². The molecule has 2 aromatic rings. The number of hydrogen-bond donors (Lipinski definition) is 2. The van der Waals surface area contributed by atoms with E-state index in [0.29, 0.717) is 0 Å². The standard InChI is InChI=1S/C18H24N2S2/c1-3-5-12-19-18(21)20-17(16-7-6-13-22-16)15-10-8-14(4-2)9-11-15/h6-11,13,17H,3-5,12H2,1-2H3,(H2,19,20,21)/t17-/m0/s1. The van der Waals surface area contributed by atoms with Crippen LogP contribution in [0.25, 0.3) is 0 Å². The Bertz CT molecular complexity index is 561. The molecule has 0 fully saturated rings. The van der Waals surface area contributed by atoms with Crippen molar-refractivity contribution >= 4 is 28.7 Å². The van der Waals surface area contributed by atoms with Gasteiger partial charge in [-0.2, -0.15) is 0 Å². The molecule has 0 unspecified atom stereocenters. The Kier molecular flexibility index (Phi) is 6.87. The van der Waals surface area contributed by atoms with E-state index in [0.717, 1.165) is 24.5 Å². The first-order chi connectivity index (χ1) is 10.7. The molecule has 0 saturated heterocycles. The van der Waals surface area contributed by atoms with Gasteiger partial charge in [-0.05, 0) is 47.6 Å². The van der Waals surface area contributed by atoms with Crippen molar-refractivity contribution in [1.82, 2.24) is 10.6 Å². The number of thiocarbonyl (C=S) groups is 1. The van der Waals surface area contributed by atoms with Gasteiger partial charge in [-0.1, -0.05) is 50.6 Å². The van der Waals surface area contributed by atoms with Gasteiger partial charge in [0.2, 0.25) is 0 Å². The maximum Gasteiger partial charge on any atom is 0.167 e. The van der Waals surface area contributed by atoms with Crippen molar-refractivity contribution in [1.29, 1.82) is 0 Å². The fraction of sp³-hybridized carbons (Fsp3) is 0.389. The van der Waals surface area contributed by atoms with Gasteiger partial charge in [0.05, 0.1) is 6.04 Å². The molecule has 0 saturated carbocycles. The summed E-state index contributed by atoms with van der Waals surface area (Å²) in [5.41, 5.74) is 2.61. The van der Waals surface area contributed by atoms with Crippen LogP contribution in [0.2, 0.25) is 0 Å². The molecule has 1 heterocycles. The fourth-order valence-electron chi connectivity index (χ4n) is 2.28. The predicted octanol–water partition coefficient (Wildman–Crippen LogP) is 4.66. The van der Waals surface area contributed by atoms with E-state index < -0.39 is 0 Å². The summed E-state index contributed by atoms with van der Waals surface area (Å²) in [6, 6.07) is 13.2. The summed E-state index contributed by atoms with van der Waals surface area (Å²) in [6.07, 6.45) is 3.37. The van der Waals surface area contributed by atoms with E-state index in [9.17, 15) is 0 Å². The molecular weight excluding hydrogens is 308 g/mol. The lowest BCUT2D eigenvalue weighted by molar-refractivity contribution is 0.713. The molecule has 0 bridgehead atoms. The third-order valence-electron chi connectivity index (χ3n) is 3.64. The van der Waals surface area contributed by atoms with Crippen LogP contribution in [0, 0.1) is 0 Å². The van der Waals surface area contributed by atoms with Gasteiger partial charge in [0, 0.05) is 11.4 Å². The van der Waals surface area contributed by atoms with Crippen LogP contribution >= 0.6 is 23.6 Å². The van der Waals surface area contributed by atoms with Crippen LogP contribution < -0.4 is 10.6 Å². The van der Waals surface area contributed by atoms with Gasteiger partial charge < -0.3 is 10.6 Å². The predicted molar refractivity (Wildman–Crippen MR) is 101 cm³/mol. The Labute approximate surface area is 143 Å². The minimum absolute atomic E-state index is 0.118. The molecule has 0 amide bonds. The van der Waals surface area contributed by atoms with E-state index in [1.807, 2.05) is 0 Å².